The van der Waals surface area contributed by atoms with Gasteiger partial charge in [-0.1, -0.05) is 30.8 Å². The Kier molecular flexibility index (Phi) is 5.60. The Morgan fingerprint density at radius 3 is 3.00 bits per heavy atom. The van der Waals surface area contributed by atoms with E-state index in [2.05, 4.69) is 22.4 Å². The van der Waals surface area contributed by atoms with Crippen molar-refractivity contribution in [1.29, 1.82) is 0 Å². The third kappa shape index (κ3) is 4.35. The molecule has 7 heteroatoms. The molecule has 0 aliphatic heterocycles. The van der Waals surface area contributed by atoms with E-state index in [1.54, 1.807) is 23.1 Å². The van der Waals surface area contributed by atoms with Gasteiger partial charge in [0.05, 0.1) is 24.4 Å². The van der Waals surface area contributed by atoms with Crippen LogP contribution in [-0.4, -0.2) is 21.8 Å². The smallest absolute Gasteiger partial charge is 0.226 e. The molecule has 1 N–H and O–H groups in total. The topological polar surface area (TPSA) is 68.0 Å². The number of nitrogens with one attached hydrogen (secondary N) is 1. The van der Waals surface area contributed by atoms with E-state index < -0.39 is 0 Å². The number of aromatic nitrogens is 2. The first-order valence-electron chi connectivity index (χ1n) is 6.49. The minimum atomic E-state index is -0.0576. The van der Waals surface area contributed by atoms with Crippen molar-refractivity contribution in [2.45, 2.75) is 37.6 Å². The number of hydrogen-bond acceptors (Lipinski definition) is 6. The molecule has 0 bridgehead atoms. The van der Waals surface area contributed by atoms with Crippen molar-refractivity contribution in [3.05, 3.63) is 28.6 Å². The maximum Gasteiger partial charge on any atom is 0.226 e. The van der Waals surface area contributed by atoms with Crippen molar-refractivity contribution in [2.75, 3.05) is 5.75 Å². The molecular weight excluding hydrogens is 294 g/mol. The summed E-state index contributed by atoms with van der Waals surface area (Å²) in [6.45, 7) is 4.46. The van der Waals surface area contributed by atoms with E-state index >= 15 is 0 Å². The van der Waals surface area contributed by atoms with Crippen LogP contribution in [0.5, 0.6) is 0 Å². The SMILES string of the molecule is CCSc1nc(CC(=O)NCc2cc(CC)no2)cs1. The average molecular weight is 311 g/mol. The van der Waals surface area contributed by atoms with Gasteiger partial charge in [0.2, 0.25) is 5.91 Å². The second-order valence-corrected chi connectivity index (χ2v) is 6.50. The van der Waals surface area contributed by atoms with Gasteiger partial charge in [-0.25, -0.2) is 4.98 Å². The van der Waals surface area contributed by atoms with Gasteiger partial charge in [0.15, 0.2) is 5.76 Å². The highest BCUT2D eigenvalue weighted by molar-refractivity contribution is 8.00. The van der Waals surface area contributed by atoms with Crippen molar-refractivity contribution in [3.8, 4) is 0 Å². The monoisotopic (exact) mass is 311 g/mol. The van der Waals surface area contributed by atoms with Gasteiger partial charge in [-0.15, -0.1) is 11.3 Å². The summed E-state index contributed by atoms with van der Waals surface area (Å²) in [5, 5.41) is 8.62. The summed E-state index contributed by atoms with van der Waals surface area (Å²) in [5.41, 5.74) is 1.71. The molecule has 2 aromatic rings. The number of thiazole rings is 1. The van der Waals surface area contributed by atoms with Crippen LogP contribution in [0.3, 0.4) is 0 Å². The normalized spacial score (nSPS) is 10.7. The number of nitrogens with zero attached hydrogens (tertiary/aromatic N) is 2. The van der Waals surface area contributed by atoms with Gasteiger partial charge < -0.3 is 9.84 Å². The van der Waals surface area contributed by atoms with Crippen LogP contribution in [0.1, 0.15) is 31.0 Å². The zero-order valence-corrected chi connectivity index (χ0v) is 13.1. The van der Waals surface area contributed by atoms with Gasteiger partial charge in [0.1, 0.15) is 4.34 Å². The summed E-state index contributed by atoms with van der Waals surface area (Å²) >= 11 is 3.27. The van der Waals surface area contributed by atoms with Crippen molar-refractivity contribution in [1.82, 2.24) is 15.5 Å². The number of carbonyl (C=O) groups is 1. The van der Waals surface area contributed by atoms with Crippen LogP contribution in [0.2, 0.25) is 0 Å². The number of aryl methyl sites for hydroxylation is 1. The first kappa shape index (κ1) is 15.1. The lowest BCUT2D eigenvalue weighted by Gasteiger charge is -2.00. The largest absolute Gasteiger partial charge is 0.359 e. The number of rotatable bonds is 7. The van der Waals surface area contributed by atoms with Crippen LogP contribution >= 0.6 is 23.1 Å². The molecule has 0 radical (unpaired) electrons. The van der Waals surface area contributed by atoms with Crippen molar-refractivity contribution in [3.63, 3.8) is 0 Å². The van der Waals surface area contributed by atoms with Crippen molar-refractivity contribution in [2.24, 2.45) is 0 Å². The number of hydrogen-bond donors (Lipinski definition) is 1. The van der Waals surface area contributed by atoms with E-state index in [-0.39, 0.29) is 5.91 Å². The molecule has 0 aliphatic rings. The Labute approximate surface area is 126 Å². The fourth-order valence-corrected chi connectivity index (χ4v) is 3.32. The van der Waals surface area contributed by atoms with E-state index in [0.29, 0.717) is 18.7 Å². The van der Waals surface area contributed by atoms with Gasteiger partial charge >= 0.3 is 0 Å². The van der Waals surface area contributed by atoms with E-state index in [1.807, 2.05) is 18.4 Å². The molecule has 0 aliphatic carbocycles. The third-order valence-corrected chi connectivity index (χ3v) is 4.52. The molecule has 20 heavy (non-hydrogen) atoms. The zero-order valence-electron chi connectivity index (χ0n) is 11.5. The van der Waals surface area contributed by atoms with Crippen LogP contribution < -0.4 is 5.32 Å². The highest BCUT2D eigenvalue weighted by Gasteiger charge is 2.09. The summed E-state index contributed by atoms with van der Waals surface area (Å²) in [7, 11) is 0. The minimum absolute atomic E-state index is 0.0576. The maximum absolute atomic E-state index is 11.8. The van der Waals surface area contributed by atoms with E-state index in [4.69, 9.17) is 4.52 Å². The lowest BCUT2D eigenvalue weighted by Crippen LogP contribution is -2.24. The number of thioether (sulfide) groups is 1. The molecule has 2 heterocycles. The van der Waals surface area contributed by atoms with Crippen LogP contribution in [-0.2, 0) is 24.2 Å². The molecule has 0 unspecified atom stereocenters. The Morgan fingerprint density at radius 2 is 2.30 bits per heavy atom. The average Bonchev–Trinajstić information content (AvgIpc) is 3.06. The quantitative estimate of drug-likeness (QED) is 0.796. The predicted molar refractivity (Wildman–Crippen MR) is 79.9 cm³/mol. The molecule has 2 aromatic heterocycles. The summed E-state index contributed by atoms with van der Waals surface area (Å²) in [4.78, 5) is 16.2. The second kappa shape index (κ2) is 7.44. The van der Waals surface area contributed by atoms with Crippen LogP contribution in [0.25, 0.3) is 0 Å². The Bertz CT molecular complexity index is 565. The van der Waals surface area contributed by atoms with Crippen LogP contribution in [0.4, 0.5) is 0 Å². The Balaban J connectivity index is 1.79. The molecule has 0 atom stereocenters. The van der Waals surface area contributed by atoms with Crippen molar-refractivity contribution >= 4 is 29.0 Å². The first-order chi connectivity index (χ1) is 9.71. The van der Waals surface area contributed by atoms with Crippen LogP contribution in [0.15, 0.2) is 20.3 Å². The van der Waals surface area contributed by atoms with Gasteiger partial charge in [0, 0.05) is 11.4 Å². The molecule has 0 aromatic carbocycles. The fraction of sp³-hybridized carbons (Fsp3) is 0.462. The summed E-state index contributed by atoms with van der Waals surface area (Å²) in [6, 6.07) is 1.86. The number of carbonyl (C=O) groups excluding carboxylic acids is 1. The first-order valence-corrected chi connectivity index (χ1v) is 8.36. The van der Waals surface area contributed by atoms with Gasteiger partial charge in [0.25, 0.3) is 0 Å². The van der Waals surface area contributed by atoms with E-state index in [9.17, 15) is 4.79 Å². The molecule has 0 fully saturated rings. The van der Waals surface area contributed by atoms with Crippen LogP contribution in [0, 0.1) is 0 Å². The highest BCUT2D eigenvalue weighted by Crippen LogP contribution is 2.22. The fourth-order valence-electron chi connectivity index (χ4n) is 1.58. The summed E-state index contributed by atoms with van der Waals surface area (Å²) in [5.74, 6) is 1.61. The second-order valence-electron chi connectivity index (χ2n) is 4.13. The maximum atomic E-state index is 11.8. The van der Waals surface area contributed by atoms with E-state index in [0.717, 1.165) is 27.9 Å². The zero-order chi connectivity index (χ0) is 14.4. The summed E-state index contributed by atoms with van der Waals surface area (Å²) < 4.78 is 6.12. The van der Waals surface area contributed by atoms with Gasteiger partial charge in [-0.2, -0.15) is 0 Å². The molecule has 0 saturated carbocycles. The molecule has 1 amide bonds. The molecular formula is C13H17N3O2S2. The Hall–Kier alpha value is -1.34. The highest BCUT2D eigenvalue weighted by atomic mass is 32.2. The van der Waals surface area contributed by atoms with Gasteiger partial charge in [-0.3, -0.25) is 4.79 Å². The standard InChI is InChI=1S/C13H17N3O2S2/c1-3-9-5-11(18-16-9)7-14-12(17)6-10-8-20-13(15-10)19-4-2/h5,8H,3-4,6-7H2,1-2H3,(H,14,17). The summed E-state index contributed by atoms with van der Waals surface area (Å²) in [6.07, 6.45) is 1.13. The molecule has 2 rings (SSSR count). The lowest BCUT2D eigenvalue weighted by molar-refractivity contribution is -0.120. The molecule has 0 saturated heterocycles. The van der Waals surface area contributed by atoms with Gasteiger partial charge in [-0.05, 0) is 12.2 Å². The lowest BCUT2D eigenvalue weighted by atomic mass is 10.3. The Morgan fingerprint density at radius 1 is 1.45 bits per heavy atom. The molecule has 5 nitrogen and oxygen atoms in total. The van der Waals surface area contributed by atoms with Crippen molar-refractivity contribution < 1.29 is 9.32 Å². The minimum Gasteiger partial charge on any atom is -0.359 e. The van der Waals surface area contributed by atoms with E-state index in [1.165, 1.54) is 0 Å². The third-order valence-electron chi connectivity index (χ3n) is 2.57. The molecule has 0 spiro atoms. The predicted octanol–water partition coefficient (Wildman–Crippen LogP) is 2.66. The number of amides is 1. The molecule has 108 valence electrons.